The first-order valence-electron chi connectivity index (χ1n) is 10.4. The molecule has 8 nitrogen and oxygen atoms in total. The van der Waals surface area contributed by atoms with Gasteiger partial charge in [0, 0.05) is 0 Å². The van der Waals surface area contributed by atoms with Gasteiger partial charge < -0.3 is 29.9 Å². The number of hydrogen-bond donors (Lipinski definition) is 4. The fraction of sp³-hybridized carbons (Fsp3) is 0.900. The third kappa shape index (κ3) is 11.6. The summed E-state index contributed by atoms with van der Waals surface area (Å²) in [4.78, 5) is 23.5. The van der Waals surface area contributed by atoms with Gasteiger partial charge in [-0.15, -0.1) is 0 Å². The Kier molecular flexibility index (Phi) is 16.0. The first-order valence-corrected chi connectivity index (χ1v) is 10.4. The molecule has 0 heterocycles. The van der Waals surface area contributed by atoms with E-state index in [-0.39, 0.29) is 13.2 Å². The highest BCUT2D eigenvalue weighted by Crippen LogP contribution is 2.10. The van der Waals surface area contributed by atoms with Crippen molar-refractivity contribution in [3.8, 4) is 0 Å². The van der Waals surface area contributed by atoms with Crippen LogP contribution in [0.4, 0.5) is 0 Å². The maximum Gasteiger partial charge on any atom is 0.337 e. The lowest BCUT2D eigenvalue weighted by molar-refractivity contribution is -0.179. The van der Waals surface area contributed by atoms with Gasteiger partial charge in [0.1, 0.15) is 12.2 Å². The highest BCUT2D eigenvalue weighted by Gasteiger charge is 2.38. The van der Waals surface area contributed by atoms with E-state index >= 15 is 0 Å². The number of carbonyl (C=O) groups is 2. The van der Waals surface area contributed by atoms with Crippen LogP contribution in [0.3, 0.4) is 0 Å². The van der Waals surface area contributed by atoms with Crippen LogP contribution in [0.25, 0.3) is 0 Å². The molecule has 0 aliphatic heterocycles. The smallest absolute Gasteiger partial charge is 0.337 e. The van der Waals surface area contributed by atoms with Crippen molar-refractivity contribution in [3.63, 3.8) is 0 Å². The summed E-state index contributed by atoms with van der Waals surface area (Å²) in [5, 5.41) is 39.3. The lowest BCUT2D eigenvalue weighted by Crippen LogP contribution is -2.50. The topological polar surface area (TPSA) is 134 Å². The van der Waals surface area contributed by atoms with Crippen LogP contribution < -0.4 is 0 Å². The molecule has 0 saturated heterocycles. The zero-order valence-corrected chi connectivity index (χ0v) is 17.2. The van der Waals surface area contributed by atoms with E-state index in [9.17, 15) is 30.0 Å². The van der Waals surface area contributed by atoms with E-state index in [0.29, 0.717) is 12.8 Å². The summed E-state index contributed by atoms with van der Waals surface area (Å²) < 4.78 is 9.70. The van der Waals surface area contributed by atoms with Gasteiger partial charge in [-0.2, -0.15) is 0 Å². The van der Waals surface area contributed by atoms with E-state index in [0.717, 1.165) is 51.4 Å². The van der Waals surface area contributed by atoms with Crippen LogP contribution in [0.1, 0.15) is 78.1 Å². The van der Waals surface area contributed by atoms with Gasteiger partial charge in [0.2, 0.25) is 0 Å². The summed E-state index contributed by atoms with van der Waals surface area (Å²) in [7, 11) is 0. The van der Waals surface area contributed by atoms with Gasteiger partial charge in [-0.1, -0.05) is 65.2 Å². The van der Waals surface area contributed by atoms with Crippen molar-refractivity contribution in [1.29, 1.82) is 0 Å². The Morgan fingerprint density at radius 3 is 1.25 bits per heavy atom. The van der Waals surface area contributed by atoms with E-state index in [2.05, 4.69) is 13.8 Å². The van der Waals surface area contributed by atoms with E-state index in [1.165, 1.54) is 0 Å². The first kappa shape index (κ1) is 26.8. The minimum atomic E-state index is -2.07. The highest BCUT2D eigenvalue weighted by atomic mass is 16.6. The number of unbranched alkanes of at least 4 members (excludes halogenated alkanes) is 8. The fourth-order valence-electron chi connectivity index (χ4n) is 2.58. The molecule has 0 aromatic carbocycles. The summed E-state index contributed by atoms with van der Waals surface area (Å²) >= 11 is 0. The molecule has 0 aromatic heterocycles. The van der Waals surface area contributed by atoms with Gasteiger partial charge in [0.25, 0.3) is 0 Å². The largest absolute Gasteiger partial charge is 0.464 e. The molecule has 8 heteroatoms. The summed E-state index contributed by atoms with van der Waals surface area (Å²) in [6.07, 6.45) is 1.14. The zero-order valence-electron chi connectivity index (χ0n) is 17.2. The second-order valence-electron chi connectivity index (χ2n) is 7.03. The number of aliphatic hydroxyl groups excluding tert-OH is 4. The Bertz CT molecular complexity index is 377. The van der Waals surface area contributed by atoms with Gasteiger partial charge in [-0.3, -0.25) is 0 Å². The molecule has 0 amide bonds. The Balaban J connectivity index is 4.17. The summed E-state index contributed by atoms with van der Waals surface area (Å²) in [5.74, 6) is -2.22. The monoisotopic (exact) mass is 406 g/mol. The summed E-state index contributed by atoms with van der Waals surface area (Å²) in [6.45, 7) is 4.35. The van der Waals surface area contributed by atoms with Crippen molar-refractivity contribution < 1.29 is 39.5 Å². The van der Waals surface area contributed by atoms with Gasteiger partial charge >= 0.3 is 11.9 Å². The van der Waals surface area contributed by atoms with Crippen molar-refractivity contribution in [2.75, 3.05) is 13.2 Å². The quantitative estimate of drug-likeness (QED) is 0.211. The Labute approximate surface area is 167 Å². The minimum Gasteiger partial charge on any atom is -0.464 e. The van der Waals surface area contributed by atoms with Crippen molar-refractivity contribution in [1.82, 2.24) is 0 Å². The normalized spacial score (nSPS) is 15.5. The molecule has 0 saturated carbocycles. The number of esters is 2. The molecule has 0 spiro atoms. The maximum absolute atomic E-state index is 11.7. The lowest BCUT2D eigenvalue weighted by Gasteiger charge is -2.24. The molecule has 4 atom stereocenters. The predicted molar refractivity (Wildman–Crippen MR) is 103 cm³/mol. The van der Waals surface area contributed by atoms with Crippen LogP contribution >= 0.6 is 0 Å². The van der Waals surface area contributed by atoms with Gasteiger partial charge in [-0.05, 0) is 12.8 Å². The molecule has 0 aliphatic rings. The molecular formula is C20H38O8. The number of aliphatic hydroxyl groups is 4. The molecule has 4 N–H and O–H groups in total. The molecule has 0 aliphatic carbocycles. The third-order valence-electron chi connectivity index (χ3n) is 4.46. The van der Waals surface area contributed by atoms with Crippen molar-refractivity contribution >= 4 is 11.9 Å². The van der Waals surface area contributed by atoms with Crippen molar-refractivity contribution in [2.24, 2.45) is 0 Å². The van der Waals surface area contributed by atoms with E-state index in [1.54, 1.807) is 0 Å². The number of rotatable bonds is 17. The Hall–Kier alpha value is -1.22. The Morgan fingerprint density at radius 2 is 0.929 bits per heavy atom. The third-order valence-corrected chi connectivity index (χ3v) is 4.46. The van der Waals surface area contributed by atoms with E-state index < -0.39 is 36.4 Å². The maximum atomic E-state index is 11.7. The van der Waals surface area contributed by atoms with Crippen molar-refractivity contribution in [2.45, 2.75) is 102 Å². The average molecular weight is 407 g/mol. The molecule has 0 unspecified atom stereocenters. The summed E-state index contributed by atoms with van der Waals surface area (Å²) in [6, 6.07) is 0. The molecule has 0 bridgehead atoms. The zero-order chi connectivity index (χ0) is 21.4. The second kappa shape index (κ2) is 16.7. The molecule has 166 valence electrons. The van der Waals surface area contributed by atoms with Crippen LogP contribution in [-0.4, -0.2) is 70.0 Å². The number of hydrogen-bond acceptors (Lipinski definition) is 8. The minimum absolute atomic E-state index is 0.0883. The summed E-state index contributed by atoms with van der Waals surface area (Å²) in [5.41, 5.74) is 0. The van der Waals surface area contributed by atoms with Crippen molar-refractivity contribution in [3.05, 3.63) is 0 Å². The molecule has 28 heavy (non-hydrogen) atoms. The molecule has 0 radical (unpaired) electrons. The van der Waals surface area contributed by atoms with E-state index in [4.69, 9.17) is 9.47 Å². The predicted octanol–water partition coefficient (Wildman–Crippen LogP) is 1.46. The fourth-order valence-corrected chi connectivity index (χ4v) is 2.58. The molecular weight excluding hydrogens is 368 g/mol. The van der Waals surface area contributed by atoms with Crippen LogP contribution in [0, 0.1) is 0 Å². The second-order valence-corrected chi connectivity index (χ2v) is 7.03. The standard InChI is InChI=1S/C20H38O8/c1-3-5-7-9-11-13-27-19(25)17(23)15(21)16(22)18(24)20(26)28-14-12-10-8-6-4-2/h15-18,21-24H,3-14H2,1-2H3/t15-,16+,17+,18-. The molecule has 0 aromatic rings. The highest BCUT2D eigenvalue weighted by molar-refractivity contribution is 5.77. The SMILES string of the molecule is CCCCCCCOC(=O)[C@@H](O)[C@H](O)[C@H](O)[C@@H](O)C(=O)OCCCCCCC. The number of ether oxygens (including phenoxy) is 2. The Morgan fingerprint density at radius 1 is 0.607 bits per heavy atom. The molecule has 0 rings (SSSR count). The van der Waals surface area contributed by atoms with Gasteiger partial charge in [-0.25, -0.2) is 9.59 Å². The van der Waals surface area contributed by atoms with Crippen LogP contribution in [0.15, 0.2) is 0 Å². The van der Waals surface area contributed by atoms with Crippen LogP contribution in [0.2, 0.25) is 0 Å². The van der Waals surface area contributed by atoms with Gasteiger partial charge in [0.05, 0.1) is 13.2 Å². The average Bonchev–Trinajstić information content (AvgIpc) is 2.70. The van der Waals surface area contributed by atoms with Crippen LogP contribution in [0.5, 0.6) is 0 Å². The van der Waals surface area contributed by atoms with E-state index in [1.807, 2.05) is 0 Å². The van der Waals surface area contributed by atoms with Crippen LogP contribution in [-0.2, 0) is 19.1 Å². The first-order chi connectivity index (χ1) is 13.4. The lowest BCUT2D eigenvalue weighted by atomic mass is 10.0. The molecule has 0 fully saturated rings. The van der Waals surface area contributed by atoms with Gasteiger partial charge in [0.15, 0.2) is 12.2 Å². The number of carbonyl (C=O) groups excluding carboxylic acids is 2.